The van der Waals surface area contributed by atoms with Gasteiger partial charge in [0.15, 0.2) is 0 Å². The Morgan fingerprint density at radius 3 is 3.10 bits per heavy atom. The predicted octanol–water partition coefficient (Wildman–Crippen LogP) is 0.206. The zero-order chi connectivity index (χ0) is 7.40. The number of pyridine rings is 1. The summed E-state index contributed by atoms with van der Waals surface area (Å²) in [4.78, 5) is 8.00. The van der Waals surface area contributed by atoms with E-state index >= 15 is 0 Å². The summed E-state index contributed by atoms with van der Waals surface area (Å²) in [6.45, 7) is 0. The van der Waals surface area contributed by atoms with Gasteiger partial charge in [0.2, 0.25) is 5.88 Å². The van der Waals surface area contributed by atoms with E-state index < -0.39 is 0 Å². The number of rotatable bonds is 1. The van der Waals surface area contributed by atoms with E-state index in [4.69, 9.17) is 11.2 Å². The Labute approximate surface area is 57.8 Å². The highest BCUT2D eigenvalue weighted by molar-refractivity contribution is 5.30. The van der Waals surface area contributed by atoms with Crippen LogP contribution in [0.15, 0.2) is 18.3 Å². The molecule has 0 atom stereocenters. The summed E-state index contributed by atoms with van der Waals surface area (Å²) >= 11 is 0. The van der Waals surface area contributed by atoms with Crippen LogP contribution >= 0.6 is 0 Å². The molecule has 0 fully saturated rings. The van der Waals surface area contributed by atoms with Gasteiger partial charge in [-0.3, -0.25) is 0 Å². The van der Waals surface area contributed by atoms with Gasteiger partial charge in [-0.15, -0.1) is 0 Å². The van der Waals surface area contributed by atoms with Crippen LogP contribution in [0.3, 0.4) is 0 Å². The highest BCUT2D eigenvalue weighted by atomic mass is 16.6. The number of hydrogen-bond acceptors (Lipinski definition) is 4. The molecule has 0 amide bonds. The van der Waals surface area contributed by atoms with E-state index in [0.717, 1.165) is 0 Å². The van der Waals surface area contributed by atoms with E-state index in [2.05, 4.69) is 9.82 Å². The molecule has 0 saturated carbocycles. The van der Waals surface area contributed by atoms with Gasteiger partial charge in [0.1, 0.15) is 0 Å². The maximum absolute atomic E-state index is 8.38. The number of nitrogens with two attached hydrogens (primary N) is 1. The van der Waals surface area contributed by atoms with Crippen molar-refractivity contribution in [2.24, 2.45) is 5.90 Å². The Kier molecular flexibility index (Phi) is 1.83. The van der Waals surface area contributed by atoms with Crippen molar-refractivity contribution in [1.29, 1.82) is 5.26 Å². The monoisotopic (exact) mass is 135 g/mol. The lowest BCUT2D eigenvalue weighted by molar-refractivity contribution is 0.320. The van der Waals surface area contributed by atoms with E-state index in [-0.39, 0.29) is 5.88 Å². The van der Waals surface area contributed by atoms with Crippen molar-refractivity contribution >= 4 is 0 Å². The van der Waals surface area contributed by atoms with Crippen molar-refractivity contribution in [1.82, 2.24) is 4.98 Å². The number of hydrogen-bond donors (Lipinski definition) is 1. The topological polar surface area (TPSA) is 71.9 Å². The maximum Gasteiger partial charge on any atom is 0.238 e. The van der Waals surface area contributed by atoms with Gasteiger partial charge in [0.05, 0.1) is 11.6 Å². The molecule has 1 aromatic heterocycles. The number of aromatic nitrogens is 1. The van der Waals surface area contributed by atoms with Crippen LogP contribution in [0.2, 0.25) is 0 Å². The zero-order valence-electron chi connectivity index (χ0n) is 5.11. The molecule has 0 aliphatic carbocycles. The van der Waals surface area contributed by atoms with E-state index in [1.807, 2.05) is 6.07 Å². The van der Waals surface area contributed by atoms with Gasteiger partial charge in [-0.25, -0.2) is 4.98 Å². The molecule has 1 rings (SSSR count). The number of nitriles is 1. The molecule has 1 aromatic rings. The largest absolute Gasteiger partial charge is 0.391 e. The normalized spacial score (nSPS) is 8.40. The van der Waals surface area contributed by atoms with Crippen LogP contribution in [-0.2, 0) is 0 Å². The summed E-state index contributed by atoms with van der Waals surface area (Å²) in [6.07, 6.45) is 1.46. The molecular formula is C6H5N3O. The average Bonchev–Trinajstić information content (AvgIpc) is 2.05. The molecule has 4 heteroatoms. The second-order valence-electron chi connectivity index (χ2n) is 1.61. The first-order chi connectivity index (χ1) is 4.86. The fourth-order valence-corrected chi connectivity index (χ4v) is 0.543. The molecular weight excluding hydrogens is 130 g/mol. The average molecular weight is 135 g/mol. The first-order valence-corrected chi connectivity index (χ1v) is 2.59. The van der Waals surface area contributed by atoms with Crippen LogP contribution in [0.4, 0.5) is 0 Å². The Morgan fingerprint density at radius 2 is 2.50 bits per heavy atom. The molecule has 0 bridgehead atoms. The van der Waals surface area contributed by atoms with E-state index in [1.165, 1.54) is 12.3 Å². The fraction of sp³-hybridized carbons (Fsp3) is 0. The maximum atomic E-state index is 8.38. The smallest absolute Gasteiger partial charge is 0.238 e. The van der Waals surface area contributed by atoms with Crippen LogP contribution in [-0.4, -0.2) is 4.98 Å². The molecule has 50 valence electrons. The predicted molar refractivity (Wildman–Crippen MR) is 33.8 cm³/mol. The van der Waals surface area contributed by atoms with Gasteiger partial charge >= 0.3 is 0 Å². The van der Waals surface area contributed by atoms with Crippen molar-refractivity contribution in [3.8, 4) is 11.9 Å². The van der Waals surface area contributed by atoms with Gasteiger partial charge in [0.25, 0.3) is 0 Å². The molecule has 0 spiro atoms. The Hall–Kier alpha value is -1.60. The minimum absolute atomic E-state index is 0.249. The number of nitrogens with zero attached hydrogens (tertiary/aromatic N) is 2. The van der Waals surface area contributed by atoms with Crippen molar-refractivity contribution < 1.29 is 4.84 Å². The Bertz CT molecular complexity index is 266. The Morgan fingerprint density at radius 1 is 1.70 bits per heavy atom. The van der Waals surface area contributed by atoms with Crippen LogP contribution in [0.25, 0.3) is 0 Å². The van der Waals surface area contributed by atoms with Gasteiger partial charge in [-0.05, 0) is 6.07 Å². The first kappa shape index (κ1) is 6.52. The third-order valence-corrected chi connectivity index (χ3v) is 0.985. The third kappa shape index (κ3) is 1.21. The lowest BCUT2D eigenvalue weighted by Crippen LogP contribution is -2.03. The minimum atomic E-state index is 0.249. The van der Waals surface area contributed by atoms with Crippen LogP contribution < -0.4 is 10.7 Å². The van der Waals surface area contributed by atoms with Gasteiger partial charge < -0.3 is 4.84 Å². The summed E-state index contributed by atoms with van der Waals surface area (Å²) < 4.78 is 0. The quantitative estimate of drug-likeness (QED) is 0.558. The molecule has 1 heterocycles. The van der Waals surface area contributed by atoms with Crippen molar-refractivity contribution in [3.05, 3.63) is 23.9 Å². The first-order valence-electron chi connectivity index (χ1n) is 2.59. The second-order valence-corrected chi connectivity index (χ2v) is 1.61. The van der Waals surface area contributed by atoms with Gasteiger partial charge in [-0.1, -0.05) is 0 Å². The molecule has 0 aromatic carbocycles. The summed E-state index contributed by atoms with van der Waals surface area (Å²) in [7, 11) is 0. The molecule has 0 radical (unpaired) electrons. The zero-order valence-corrected chi connectivity index (χ0v) is 5.11. The van der Waals surface area contributed by atoms with Crippen molar-refractivity contribution in [3.63, 3.8) is 0 Å². The second kappa shape index (κ2) is 2.80. The van der Waals surface area contributed by atoms with E-state index in [0.29, 0.717) is 5.56 Å². The molecule has 0 saturated heterocycles. The summed E-state index contributed by atoms with van der Waals surface area (Å²) in [5.74, 6) is 5.05. The molecule has 0 unspecified atom stereocenters. The molecule has 0 aliphatic rings. The fourth-order valence-electron chi connectivity index (χ4n) is 0.543. The minimum Gasteiger partial charge on any atom is -0.391 e. The summed E-state index contributed by atoms with van der Waals surface area (Å²) in [6, 6.07) is 4.96. The highest BCUT2D eigenvalue weighted by Crippen LogP contribution is 2.05. The van der Waals surface area contributed by atoms with Crippen molar-refractivity contribution in [2.75, 3.05) is 0 Å². The summed E-state index contributed by atoms with van der Waals surface area (Å²) in [5, 5.41) is 8.38. The van der Waals surface area contributed by atoms with E-state index in [9.17, 15) is 0 Å². The molecule has 4 nitrogen and oxygen atoms in total. The van der Waals surface area contributed by atoms with Crippen molar-refractivity contribution in [2.45, 2.75) is 0 Å². The van der Waals surface area contributed by atoms with Crippen LogP contribution in [0, 0.1) is 11.3 Å². The SMILES string of the molecule is N#Cc1ccnc(ON)c1. The highest BCUT2D eigenvalue weighted by Gasteiger charge is 1.93. The third-order valence-electron chi connectivity index (χ3n) is 0.985. The lowest BCUT2D eigenvalue weighted by atomic mass is 10.3. The van der Waals surface area contributed by atoms with Gasteiger partial charge in [-0.2, -0.15) is 11.2 Å². The molecule has 10 heavy (non-hydrogen) atoms. The van der Waals surface area contributed by atoms with Gasteiger partial charge in [0, 0.05) is 12.3 Å². The molecule has 2 N–H and O–H groups in total. The Balaban J connectivity index is 3.01. The standard InChI is InChI=1S/C6H5N3O/c7-4-5-1-2-9-6(3-5)10-8/h1-3H,8H2. The van der Waals surface area contributed by atoms with Crippen LogP contribution in [0.5, 0.6) is 5.88 Å². The van der Waals surface area contributed by atoms with E-state index in [1.54, 1.807) is 6.07 Å². The summed E-state index contributed by atoms with van der Waals surface area (Å²) in [5.41, 5.74) is 0.482. The lowest BCUT2D eigenvalue weighted by Gasteiger charge is -1.94. The molecule has 0 aliphatic heterocycles. The van der Waals surface area contributed by atoms with Crippen LogP contribution in [0.1, 0.15) is 5.56 Å².